The number of nitrogens with zero attached hydrogens (tertiary/aromatic N) is 1. The molecule has 4 nitrogen and oxygen atoms in total. The van der Waals surface area contributed by atoms with E-state index in [4.69, 9.17) is 5.73 Å². The summed E-state index contributed by atoms with van der Waals surface area (Å²) in [6.07, 6.45) is 2.78. The summed E-state index contributed by atoms with van der Waals surface area (Å²) in [5.41, 5.74) is 8.27. The summed E-state index contributed by atoms with van der Waals surface area (Å²) < 4.78 is 26.3. The van der Waals surface area contributed by atoms with Crippen molar-refractivity contribution in [1.82, 2.24) is 10.3 Å². The van der Waals surface area contributed by atoms with Gasteiger partial charge in [0.2, 0.25) is 5.92 Å². The van der Waals surface area contributed by atoms with E-state index in [2.05, 4.69) is 10.3 Å². The third kappa shape index (κ3) is 4.77. The number of amides is 1. The first kappa shape index (κ1) is 21.1. The molecule has 2 aliphatic carbocycles. The Bertz CT molecular complexity index is 591. The van der Waals surface area contributed by atoms with Crippen molar-refractivity contribution in [1.29, 1.82) is 0 Å². The molecule has 3 N–H and O–H groups in total. The minimum atomic E-state index is -2.58. The molecule has 1 amide bonds. The van der Waals surface area contributed by atoms with Crippen LogP contribution in [0.5, 0.6) is 0 Å². The monoisotopic (exact) mass is 381 g/mol. The lowest BCUT2D eigenvalue weighted by Gasteiger charge is -2.28. The molecule has 2 unspecified atom stereocenters. The van der Waals surface area contributed by atoms with E-state index < -0.39 is 5.92 Å². The molecule has 3 rings (SSSR count). The number of aromatic nitrogens is 1. The molecule has 0 aliphatic heterocycles. The summed E-state index contributed by atoms with van der Waals surface area (Å²) in [4.78, 5) is 16.6. The molecule has 2 saturated carbocycles. The molecule has 2 aliphatic rings. The maximum absolute atomic E-state index is 13.1. The zero-order valence-electron chi connectivity index (χ0n) is 13.4. The Morgan fingerprint density at radius 3 is 2.46 bits per heavy atom. The van der Waals surface area contributed by atoms with E-state index in [0.717, 1.165) is 17.7 Å². The van der Waals surface area contributed by atoms with Gasteiger partial charge in [0, 0.05) is 42.7 Å². The average molecular weight is 382 g/mol. The number of pyridine rings is 1. The van der Waals surface area contributed by atoms with Gasteiger partial charge >= 0.3 is 0 Å². The summed E-state index contributed by atoms with van der Waals surface area (Å²) in [7, 11) is 0. The fourth-order valence-electron chi connectivity index (χ4n) is 3.08. The van der Waals surface area contributed by atoms with Crippen LogP contribution in [0.4, 0.5) is 8.78 Å². The molecule has 0 saturated heterocycles. The van der Waals surface area contributed by atoms with Crippen LogP contribution in [0.25, 0.3) is 0 Å². The molecule has 1 heterocycles. The number of hydrogen-bond donors (Lipinski definition) is 2. The molecule has 1 aromatic heterocycles. The quantitative estimate of drug-likeness (QED) is 0.843. The van der Waals surface area contributed by atoms with E-state index in [9.17, 15) is 13.6 Å². The summed E-state index contributed by atoms with van der Waals surface area (Å²) in [5.74, 6) is -2.53. The Morgan fingerprint density at radius 1 is 1.33 bits per heavy atom. The Morgan fingerprint density at radius 2 is 1.92 bits per heavy atom. The lowest BCUT2D eigenvalue weighted by Crippen LogP contribution is -2.40. The first-order chi connectivity index (χ1) is 10.4. The summed E-state index contributed by atoms with van der Waals surface area (Å²) in [5, 5.41) is 2.85. The highest BCUT2D eigenvalue weighted by atomic mass is 35.5. The molecule has 24 heavy (non-hydrogen) atoms. The lowest BCUT2D eigenvalue weighted by atomic mass is 9.92. The number of nitrogens with two attached hydrogens (primary N) is 1. The highest BCUT2D eigenvalue weighted by Crippen LogP contribution is 2.40. The molecule has 1 aromatic rings. The molecule has 2 atom stereocenters. The van der Waals surface area contributed by atoms with Gasteiger partial charge in [-0.2, -0.15) is 0 Å². The molecule has 0 aromatic carbocycles. The van der Waals surface area contributed by atoms with Crippen molar-refractivity contribution in [3.8, 4) is 0 Å². The second-order valence-electron chi connectivity index (χ2n) is 6.51. The van der Waals surface area contributed by atoms with Crippen molar-refractivity contribution in [2.24, 2.45) is 5.73 Å². The molecule has 0 bridgehead atoms. The Labute approximate surface area is 152 Å². The second-order valence-corrected chi connectivity index (χ2v) is 6.51. The van der Waals surface area contributed by atoms with Gasteiger partial charge < -0.3 is 11.1 Å². The van der Waals surface area contributed by atoms with Crippen molar-refractivity contribution in [2.75, 3.05) is 0 Å². The summed E-state index contributed by atoms with van der Waals surface area (Å²) in [6, 6.07) is 1.81. The number of carbonyl (C=O) groups excluding carboxylic acids is 1. The van der Waals surface area contributed by atoms with Gasteiger partial charge in [-0.1, -0.05) is 0 Å². The van der Waals surface area contributed by atoms with Gasteiger partial charge in [0.25, 0.3) is 5.91 Å². The van der Waals surface area contributed by atoms with Crippen LogP contribution in [0.3, 0.4) is 0 Å². The Hall–Kier alpha value is -0.980. The highest BCUT2D eigenvalue weighted by Gasteiger charge is 2.37. The van der Waals surface area contributed by atoms with E-state index in [1.807, 2.05) is 13.0 Å². The molecule has 2 fully saturated rings. The van der Waals surface area contributed by atoms with Crippen LogP contribution >= 0.6 is 24.8 Å². The van der Waals surface area contributed by atoms with Gasteiger partial charge in [-0.15, -0.1) is 24.8 Å². The van der Waals surface area contributed by atoms with Crippen molar-refractivity contribution in [2.45, 2.75) is 63.0 Å². The van der Waals surface area contributed by atoms with Crippen LogP contribution in [0.2, 0.25) is 0 Å². The fourth-order valence-corrected chi connectivity index (χ4v) is 3.08. The number of nitrogens with one attached hydrogen (secondary N) is 1. The molecule has 136 valence electrons. The van der Waals surface area contributed by atoms with Gasteiger partial charge in [0.15, 0.2) is 0 Å². The van der Waals surface area contributed by atoms with Crippen LogP contribution in [-0.4, -0.2) is 28.9 Å². The standard InChI is InChI=1S/C16H21F2N3O.2ClH/c1-9-12(13-7-14(13)19)6-10(8-20-9)15(22)21-11-2-4-16(17,18)5-3-11;;/h6,8,11,13-14H,2-5,7,19H2,1H3,(H,21,22);2*1H. The van der Waals surface area contributed by atoms with Crippen LogP contribution in [-0.2, 0) is 0 Å². The number of carbonyl (C=O) groups is 1. The van der Waals surface area contributed by atoms with Crippen molar-refractivity contribution in [3.05, 3.63) is 29.1 Å². The predicted octanol–water partition coefficient (Wildman–Crippen LogP) is 3.36. The first-order valence-corrected chi connectivity index (χ1v) is 7.76. The minimum Gasteiger partial charge on any atom is -0.349 e. The summed E-state index contributed by atoms with van der Waals surface area (Å²) >= 11 is 0. The predicted molar refractivity (Wildman–Crippen MR) is 93.5 cm³/mol. The SMILES string of the molecule is Cc1ncc(C(=O)NC2CCC(F)(F)CC2)cc1C1CC1N.Cl.Cl. The normalized spacial score (nSPS) is 25.2. The lowest BCUT2D eigenvalue weighted by molar-refractivity contribution is -0.0399. The van der Waals surface area contributed by atoms with Crippen LogP contribution in [0.1, 0.15) is 59.6 Å². The second kappa shape index (κ2) is 7.93. The minimum absolute atomic E-state index is 0. The smallest absolute Gasteiger partial charge is 0.253 e. The van der Waals surface area contributed by atoms with Crippen LogP contribution in [0.15, 0.2) is 12.3 Å². The molecule has 0 spiro atoms. The summed E-state index contributed by atoms with van der Waals surface area (Å²) in [6.45, 7) is 1.91. The van der Waals surface area contributed by atoms with E-state index in [1.54, 1.807) is 6.20 Å². The van der Waals surface area contributed by atoms with Crippen LogP contribution < -0.4 is 11.1 Å². The topological polar surface area (TPSA) is 68.0 Å². The van der Waals surface area contributed by atoms with Crippen molar-refractivity contribution < 1.29 is 13.6 Å². The molecular weight excluding hydrogens is 359 g/mol. The number of halogens is 4. The Balaban J connectivity index is 0.00000144. The molecular formula is C16H23Cl2F2N3O. The maximum atomic E-state index is 13.1. The molecule has 0 radical (unpaired) electrons. The highest BCUT2D eigenvalue weighted by molar-refractivity contribution is 5.94. The maximum Gasteiger partial charge on any atom is 0.253 e. The average Bonchev–Trinajstić information content (AvgIpc) is 3.18. The van der Waals surface area contributed by atoms with Gasteiger partial charge in [0.1, 0.15) is 0 Å². The fraction of sp³-hybridized carbons (Fsp3) is 0.625. The van der Waals surface area contributed by atoms with E-state index in [1.165, 1.54) is 0 Å². The van der Waals surface area contributed by atoms with Crippen molar-refractivity contribution >= 4 is 30.7 Å². The number of alkyl halides is 2. The van der Waals surface area contributed by atoms with Gasteiger partial charge in [-0.3, -0.25) is 9.78 Å². The third-order valence-electron chi connectivity index (χ3n) is 4.68. The van der Waals surface area contributed by atoms with Gasteiger partial charge in [-0.05, 0) is 37.8 Å². The Kier molecular flexibility index (Phi) is 6.96. The molecule has 8 heteroatoms. The largest absolute Gasteiger partial charge is 0.349 e. The number of aryl methyl sites for hydroxylation is 1. The van der Waals surface area contributed by atoms with Gasteiger partial charge in [-0.25, -0.2) is 8.78 Å². The van der Waals surface area contributed by atoms with E-state index >= 15 is 0 Å². The number of hydrogen-bond acceptors (Lipinski definition) is 3. The van der Waals surface area contributed by atoms with E-state index in [-0.39, 0.29) is 61.6 Å². The third-order valence-corrected chi connectivity index (χ3v) is 4.68. The number of rotatable bonds is 3. The zero-order chi connectivity index (χ0) is 15.9. The zero-order valence-corrected chi connectivity index (χ0v) is 15.1. The first-order valence-electron chi connectivity index (χ1n) is 7.76. The van der Waals surface area contributed by atoms with Crippen LogP contribution in [0, 0.1) is 6.92 Å². The van der Waals surface area contributed by atoms with Crippen molar-refractivity contribution in [3.63, 3.8) is 0 Å². The van der Waals surface area contributed by atoms with Gasteiger partial charge in [0.05, 0.1) is 5.56 Å². The van der Waals surface area contributed by atoms with E-state index in [0.29, 0.717) is 18.4 Å².